The van der Waals surface area contributed by atoms with Gasteiger partial charge < -0.3 is 15.3 Å². The first-order valence-electron chi connectivity index (χ1n) is 19.1. The van der Waals surface area contributed by atoms with Gasteiger partial charge in [0, 0.05) is 10.6 Å². The van der Waals surface area contributed by atoms with E-state index >= 15 is 0 Å². The molecule has 0 spiro atoms. The largest absolute Gasteiger partial charge is 2.00 e. The number of nitro groups is 1. The zero-order valence-electron chi connectivity index (χ0n) is 31.4. The van der Waals surface area contributed by atoms with Gasteiger partial charge in [-0.1, -0.05) is 164 Å². The fourth-order valence-electron chi connectivity index (χ4n) is 8.12. The van der Waals surface area contributed by atoms with Crippen LogP contribution in [0.5, 0.6) is 0 Å². The molecule has 287 valence electrons. The predicted molar refractivity (Wildman–Crippen MR) is 232 cm³/mol. The molecule has 5 heterocycles. The van der Waals surface area contributed by atoms with E-state index in [0.717, 1.165) is 56.0 Å². The quantitative estimate of drug-likeness (QED) is 0.0969. The molecule has 0 fully saturated rings. The minimum atomic E-state index is -1.29. The van der Waals surface area contributed by atoms with Gasteiger partial charge in [-0.3, -0.25) is 10.1 Å². The molecule has 5 aromatic carbocycles. The normalized spacial score (nSPS) is 14.4. The average Bonchev–Trinajstić information content (AvgIpc) is 4.10. The molecule has 0 saturated heterocycles. The first-order valence-corrected chi connectivity index (χ1v) is 19.1. The van der Waals surface area contributed by atoms with E-state index in [1.165, 1.54) is 0 Å². The van der Waals surface area contributed by atoms with Gasteiger partial charge in [0.25, 0.3) is 6.04 Å². The van der Waals surface area contributed by atoms with E-state index in [2.05, 4.69) is 29.6 Å². The average molecular weight is 814 g/mol. The molecule has 2 unspecified atom stereocenters. The maximum atomic E-state index is 13.7. The van der Waals surface area contributed by atoms with Crippen LogP contribution < -0.4 is 15.3 Å². The molecule has 8 aromatic rings. The van der Waals surface area contributed by atoms with Gasteiger partial charge in [0.05, 0.1) is 17.1 Å². The van der Waals surface area contributed by atoms with Crippen molar-refractivity contribution in [2.45, 2.75) is 12.1 Å². The van der Waals surface area contributed by atoms with E-state index in [1.807, 2.05) is 164 Å². The van der Waals surface area contributed by atoms with Crippen molar-refractivity contribution in [3.8, 4) is 44.5 Å². The van der Waals surface area contributed by atoms with Crippen molar-refractivity contribution < 1.29 is 22.0 Å². The Balaban J connectivity index is 0.00000449. The Morgan fingerprint density at radius 1 is 0.458 bits per heavy atom. The molecule has 3 aromatic heterocycles. The number of hydrogen-bond donors (Lipinski definition) is 1. The first kappa shape index (κ1) is 37.3. The maximum Gasteiger partial charge on any atom is 2.00 e. The van der Waals surface area contributed by atoms with Crippen molar-refractivity contribution in [1.29, 1.82) is 0 Å². The van der Waals surface area contributed by atoms with E-state index in [-0.39, 0.29) is 22.0 Å². The van der Waals surface area contributed by atoms with Crippen molar-refractivity contribution in [3.63, 3.8) is 0 Å². The number of anilines is 1. The summed E-state index contributed by atoms with van der Waals surface area (Å²) in [5, 5.41) is 17.2. The minimum absolute atomic E-state index is 0. The monoisotopic (exact) mass is 813 g/mol. The van der Waals surface area contributed by atoms with Crippen molar-refractivity contribution >= 4 is 39.9 Å². The Morgan fingerprint density at radius 2 is 0.814 bits per heavy atom. The summed E-state index contributed by atoms with van der Waals surface area (Å²) in [5.41, 5.74) is 12.2. The van der Waals surface area contributed by atoms with Crippen LogP contribution in [0.4, 0.5) is 5.69 Å². The van der Waals surface area contributed by atoms with Crippen LogP contribution in [0, 0.1) is 10.1 Å². The fourth-order valence-corrected chi connectivity index (χ4v) is 8.12. The molecular weight excluding hydrogens is 780 g/mol. The number of benzene rings is 5. The molecule has 0 aliphatic carbocycles. The van der Waals surface area contributed by atoms with Crippen LogP contribution in [0.3, 0.4) is 0 Å². The zero-order chi connectivity index (χ0) is 39.0. The van der Waals surface area contributed by atoms with Crippen molar-refractivity contribution in [1.82, 2.24) is 19.9 Å². The molecular formula is C50H34CuN6O2. The summed E-state index contributed by atoms with van der Waals surface area (Å²) in [6.07, 6.45) is 4.08. The van der Waals surface area contributed by atoms with Gasteiger partial charge in [-0.25, -0.2) is 9.97 Å². The Hall–Kier alpha value is -7.32. The number of nitrogens with one attached hydrogen (secondary N) is 1. The molecule has 2 aliphatic heterocycles. The molecule has 9 heteroatoms. The number of hydrogen-bond acceptors (Lipinski definition) is 5. The van der Waals surface area contributed by atoms with Crippen molar-refractivity contribution in [2.75, 3.05) is 5.32 Å². The molecule has 10 rings (SSSR count). The maximum absolute atomic E-state index is 13.7. The third kappa shape index (κ3) is 6.93. The topological polar surface area (TPSA) is 109 Å². The number of nitrogens with zero attached hydrogens (tertiary/aromatic N) is 5. The number of aromatic nitrogens is 4. The summed E-state index contributed by atoms with van der Waals surface area (Å²) >= 11 is 0. The summed E-state index contributed by atoms with van der Waals surface area (Å²) in [5.74, 6) is 0. The van der Waals surface area contributed by atoms with Gasteiger partial charge >= 0.3 is 17.1 Å². The first-order chi connectivity index (χ1) is 28.6. The standard InChI is InChI=1S/C50H34N6O2.Cu/c57-56(58)50-48-46(35-22-12-4-13-23-35)42-31-29-40(54-42)44(33-18-8-2-9-19-33)38-27-26-37(52-38)43(32-16-6-1-7-17-32)39-28-30-41(53-39)45(34-20-10-3-11-21-34)47(55-48)49(50)51-36-24-14-5-15-25-36;/h1-31,49-51H;/q-2;+2. The fraction of sp³-hybridized carbons (Fsp3) is 0.0400. The summed E-state index contributed by atoms with van der Waals surface area (Å²) in [6.45, 7) is 0. The van der Waals surface area contributed by atoms with Crippen LogP contribution in [0.2, 0.25) is 0 Å². The van der Waals surface area contributed by atoms with Crippen LogP contribution in [0.1, 0.15) is 34.9 Å². The van der Waals surface area contributed by atoms with E-state index in [0.29, 0.717) is 39.1 Å². The van der Waals surface area contributed by atoms with Gasteiger partial charge in [0.2, 0.25) is 0 Å². The van der Waals surface area contributed by atoms with Crippen LogP contribution >= 0.6 is 0 Å². The van der Waals surface area contributed by atoms with Crippen LogP contribution in [-0.2, 0) is 17.1 Å². The Labute approximate surface area is 351 Å². The molecule has 0 amide bonds. The van der Waals surface area contributed by atoms with Gasteiger partial charge in [-0.15, -0.1) is 22.1 Å². The van der Waals surface area contributed by atoms with Crippen LogP contribution in [0.25, 0.3) is 78.7 Å². The molecule has 0 saturated carbocycles. The Kier molecular flexibility index (Phi) is 10.0. The second-order valence-electron chi connectivity index (χ2n) is 14.2. The predicted octanol–water partition coefficient (Wildman–Crippen LogP) is 11.6. The van der Waals surface area contributed by atoms with Crippen LogP contribution in [0.15, 0.2) is 176 Å². The van der Waals surface area contributed by atoms with Gasteiger partial charge in [0.15, 0.2) is 0 Å². The Bertz CT molecular complexity index is 3010. The second kappa shape index (κ2) is 15.9. The molecule has 2 aliphatic rings. The van der Waals surface area contributed by atoms with E-state index in [9.17, 15) is 10.1 Å². The summed E-state index contributed by atoms with van der Waals surface area (Å²) in [4.78, 5) is 34.8. The van der Waals surface area contributed by atoms with Crippen molar-refractivity contribution in [3.05, 3.63) is 209 Å². The van der Waals surface area contributed by atoms with Crippen LogP contribution in [-0.4, -0.2) is 14.9 Å². The van der Waals surface area contributed by atoms with E-state index in [1.54, 1.807) is 0 Å². The summed E-state index contributed by atoms with van der Waals surface area (Å²) in [7, 11) is 0. The zero-order valence-corrected chi connectivity index (χ0v) is 32.3. The van der Waals surface area contributed by atoms with Gasteiger partial charge in [-0.2, -0.15) is 0 Å². The minimum Gasteiger partial charge on any atom is -0.657 e. The third-order valence-corrected chi connectivity index (χ3v) is 10.7. The molecule has 1 radical (unpaired) electrons. The van der Waals surface area contributed by atoms with E-state index < -0.39 is 12.1 Å². The molecule has 1 N–H and O–H groups in total. The summed E-state index contributed by atoms with van der Waals surface area (Å²) in [6, 6.07) is 55.1. The number of fused-ring (bicyclic) bond motifs is 8. The Morgan fingerprint density at radius 3 is 1.22 bits per heavy atom. The molecule has 8 nitrogen and oxygen atoms in total. The van der Waals surface area contributed by atoms with Crippen molar-refractivity contribution in [2.24, 2.45) is 0 Å². The van der Waals surface area contributed by atoms with Gasteiger partial charge in [-0.05, 0) is 68.8 Å². The smallest absolute Gasteiger partial charge is 0.657 e. The second-order valence-corrected chi connectivity index (χ2v) is 14.2. The van der Waals surface area contributed by atoms with Gasteiger partial charge in [0.1, 0.15) is 11.7 Å². The number of rotatable bonds is 7. The number of para-hydroxylation sites is 1. The molecule has 2 atom stereocenters. The SMILES string of the molecule is O=[N+]([O-])C1c2nc(c(-c3ccccc3)c3ccc([n-]3)c(-c3ccccc3)c3nc(c(-c4ccccc4)c4ccc([n-]4)c2-c2ccccc2)C=C3)C1Nc1ccccc1.[Cu+2]. The van der Waals surface area contributed by atoms with E-state index in [4.69, 9.17) is 19.9 Å². The molecule has 8 bridgehead atoms. The molecule has 59 heavy (non-hydrogen) atoms. The third-order valence-electron chi connectivity index (χ3n) is 10.7. The summed E-state index contributed by atoms with van der Waals surface area (Å²) < 4.78 is 0.